The summed E-state index contributed by atoms with van der Waals surface area (Å²) in [5.41, 5.74) is 6.00. The first-order valence-electron chi connectivity index (χ1n) is 5.97. The van der Waals surface area contributed by atoms with Gasteiger partial charge in [-0.3, -0.25) is 4.79 Å². The van der Waals surface area contributed by atoms with Gasteiger partial charge in [-0.1, -0.05) is 6.07 Å². The summed E-state index contributed by atoms with van der Waals surface area (Å²) in [6, 6.07) is 3.34. The van der Waals surface area contributed by atoms with Crippen LogP contribution in [-0.4, -0.2) is 36.1 Å². The fourth-order valence-electron chi connectivity index (χ4n) is 2.58. The molecule has 0 saturated carbocycles. The second-order valence-electron chi connectivity index (χ2n) is 4.69. The molecule has 2 bridgehead atoms. The number of nitrogens with zero attached hydrogens (tertiary/aromatic N) is 1. The number of fused-ring (bicyclic) bond motifs is 2. The van der Waals surface area contributed by atoms with Crippen molar-refractivity contribution >= 4 is 17.2 Å². The Morgan fingerprint density at radius 3 is 2.76 bits per heavy atom. The van der Waals surface area contributed by atoms with Crippen molar-refractivity contribution in [2.45, 2.75) is 31.1 Å². The molecule has 1 aromatic heterocycles. The monoisotopic (exact) mass is 252 g/mol. The van der Waals surface area contributed by atoms with E-state index in [1.807, 2.05) is 22.4 Å². The lowest BCUT2D eigenvalue weighted by atomic mass is 10.2. The third-order valence-corrected chi connectivity index (χ3v) is 4.43. The van der Waals surface area contributed by atoms with Gasteiger partial charge in [0.05, 0.1) is 12.2 Å². The molecule has 0 radical (unpaired) electrons. The Morgan fingerprint density at radius 2 is 2.18 bits per heavy atom. The number of morpholine rings is 1. The molecule has 17 heavy (non-hydrogen) atoms. The van der Waals surface area contributed by atoms with Crippen LogP contribution in [0, 0.1) is 0 Å². The highest BCUT2D eigenvalue weighted by Gasteiger charge is 2.37. The minimum atomic E-state index is -0.507. The third-order valence-electron chi connectivity index (χ3n) is 3.47. The summed E-state index contributed by atoms with van der Waals surface area (Å²) in [6.45, 7) is 1.41. The number of hydrogen-bond acceptors (Lipinski definition) is 4. The molecule has 2 saturated heterocycles. The van der Waals surface area contributed by atoms with Gasteiger partial charge in [0.25, 0.3) is 0 Å². The summed E-state index contributed by atoms with van der Waals surface area (Å²) in [6.07, 6.45) is 2.60. The highest BCUT2D eigenvalue weighted by atomic mass is 32.1. The Balaban J connectivity index is 1.70. The lowest BCUT2D eigenvalue weighted by molar-refractivity contribution is -0.141. The second-order valence-corrected chi connectivity index (χ2v) is 5.67. The highest BCUT2D eigenvalue weighted by molar-refractivity contribution is 7.10. The topological polar surface area (TPSA) is 55.6 Å². The molecule has 2 aliphatic heterocycles. The number of rotatable bonds is 2. The van der Waals surface area contributed by atoms with Crippen molar-refractivity contribution in [1.82, 2.24) is 4.90 Å². The average Bonchev–Trinajstić information content (AvgIpc) is 2.97. The van der Waals surface area contributed by atoms with Gasteiger partial charge in [0.1, 0.15) is 6.04 Å². The molecule has 0 aliphatic carbocycles. The largest absolute Gasteiger partial charge is 0.371 e. The van der Waals surface area contributed by atoms with Crippen molar-refractivity contribution in [3.05, 3.63) is 22.4 Å². The number of thiophene rings is 1. The van der Waals surface area contributed by atoms with Gasteiger partial charge >= 0.3 is 0 Å². The molecular weight excluding hydrogens is 236 g/mol. The first-order valence-corrected chi connectivity index (χ1v) is 6.85. The normalized spacial score (nSPS) is 29.4. The van der Waals surface area contributed by atoms with Crippen molar-refractivity contribution in [1.29, 1.82) is 0 Å². The molecule has 3 atom stereocenters. The van der Waals surface area contributed by atoms with E-state index in [1.165, 1.54) is 11.3 Å². The molecule has 0 spiro atoms. The summed E-state index contributed by atoms with van der Waals surface area (Å²) in [7, 11) is 0. The maximum Gasteiger partial charge on any atom is 0.245 e. The zero-order valence-electron chi connectivity index (χ0n) is 9.54. The molecule has 3 unspecified atom stereocenters. The number of ether oxygens (including phenoxy) is 1. The number of carbonyl (C=O) groups excluding carboxylic acids is 1. The summed E-state index contributed by atoms with van der Waals surface area (Å²) in [5, 5.41) is 1.95. The highest BCUT2D eigenvalue weighted by Crippen LogP contribution is 2.28. The molecule has 1 aromatic rings. The summed E-state index contributed by atoms with van der Waals surface area (Å²) in [5.74, 6) is 0.0349. The van der Waals surface area contributed by atoms with E-state index in [2.05, 4.69) is 0 Å². The van der Waals surface area contributed by atoms with Gasteiger partial charge in [-0.15, -0.1) is 11.3 Å². The molecule has 4 nitrogen and oxygen atoms in total. The zero-order valence-corrected chi connectivity index (χ0v) is 10.4. The molecule has 92 valence electrons. The minimum absolute atomic E-state index is 0.0349. The Morgan fingerprint density at radius 1 is 1.47 bits per heavy atom. The van der Waals surface area contributed by atoms with Crippen LogP contribution in [0.3, 0.4) is 0 Å². The smallest absolute Gasteiger partial charge is 0.245 e. The van der Waals surface area contributed by atoms with E-state index >= 15 is 0 Å². The van der Waals surface area contributed by atoms with E-state index < -0.39 is 6.04 Å². The predicted molar refractivity (Wildman–Crippen MR) is 65.7 cm³/mol. The molecule has 5 heteroatoms. The van der Waals surface area contributed by atoms with Crippen LogP contribution in [0.1, 0.15) is 23.8 Å². The first-order chi connectivity index (χ1) is 8.24. The number of likely N-dealkylation sites (tertiary alicyclic amines) is 1. The molecule has 2 fully saturated rings. The van der Waals surface area contributed by atoms with E-state index in [4.69, 9.17) is 10.5 Å². The fraction of sp³-hybridized carbons (Fsp3) is 0.583. The Kier molecular flexibility index (Phi) is 2.90. The average molecular weight is 252 g/mol. The molecule has 3 heterocycles. The Bertz CT molecular complexity index is 395. The zero-order chi connectivity index (χ0) is 11.8. The van der Waals surface area contributed by atoms with Crippen LogP contribution in [0.25, 0.3) is 0 Å². The van der Waals surface area contributed by atoms with Crippen molar-refractivity contribution < 1.29 is 9.53 Å². The SMILES string of the molecule is NC(C(=O)N1CC2CCC(C1)O2)c1cccs1. The van der Waals surface area contributed by atoms with Crippen LogP contribution in [0.15, 0.2) is 17.5 Å². The lowest BCUT2D eigenvalue weighted by Gasteiger charge is -2.33. The van der Waals surface area contributed by atoms with Gasteiger partial charge in [-0.25, -0.2) is 0 Å². The van der Waals surface area contributed by atoms with E-state index in [-0.39, 0.29) is 18.1 Å². The number of carbonyl (C=O) groups is 1. The quantitative estimate of drug-likeness (QED) is 0.858. The van der Waals surface area contributed by atoms with Crippen molar-refractivity contribution in [3.8, 4) is 0 Å². The third kappa shape index (κ3) is 2.10. The van der Waals surface area contributed by atoms with E-state index in [0.717, 1.165) is 17.7 Å². The minimum Gasteiger partial charge on any atom is -0.371 e. The maximum atomic E-state index is 12.3. The molecule has 3 rings (SSSR count). The number of amides is 1. The van der Waals surface area contributed by atoms with Crippen LogP contribution in [0.4, 0.5) is 0 Å². The lowest BCUT2D eigenvalue weighted by Crippen LogP contribution is -2.48. The van der Waals surface area contributed by atoms with E-state index in [1.54, 1.807) is 0 Å². The number of hydrogen-bond donors (Lipinski definition) is 1. The van der Waals surface area contributed by atoms with Crippen molar-refractivity contribution in [2.75, 3.05) is 13.1 Å². The summed E-state index contributed by atoms with van der Waals surface area (Å²) in [4.78, 5) is 15.1. The van der Waals surface area contributed by atoms with Crippen LogP contribution in [0.2, 0.25) is 0 Å². The number of nitrogens with two attached hydrogens (primary N) is 1. The molecule has 0 aromatic carbocycles. The van der Waals surface area contributed by atoms with Crippen molar-refractivity contribution in [2.24, 2.45) is 5.73 Å². The van der Waals surface area contributed by atoms with Gasteiger partial charge in [-0.05, 0) is 24.3 Å². The van der Waals surface area contributed by atoms with Gasteiger partial charge in [-0.2, -0.15) is 0 Å². The van der Waals surface area contributed by atoms with E-state index in [9.17, 15) is 4.79 Å². The fourth-order valence-corrected chi connectivity index (χ4v) is 3.30. The molecular formula is C12H16N2O2S. The van der Waals surface area contributed by atoms with Crippen molar-refractivity contribution in [3.63, 3.8) is 0 Å². The Hall–Kier alpha value is -0.910. The van der Waals surface area contributed by atoms with Crippen LogP contribution < -0.4 is 5.73 Å². The molecule has 2 N–H and O–H groups in total. The molecule has 1 amide bonds. The van der Waals surface area contributed by atoms with Gasteiger partial charge in [0, 0.05) is 18.0 Å². The molecule has 2 aliphatic rings. The van der Waals surface area contributed by atoms with Crippen LogP contribution >= 0.6 is 11.3 Å². The van der Waals surface area contributed by atoms with Crippen LogP contribution in [-0.2, 0) is 9.53 Å². The second kappa shape index (κ2) is 4.40. The maximum absolute atomic E-state index is 12.3. The summed E-state index contributed by atoms with van der Waals surface area (Å²) >= 11 is 1.54. The predicted octanol–water partition coefficient (Wildman–Crippen LogP) is 1.14. The standard InChI is InChI=1S/C12H16N2O2S/c13-11(10-2-1-5-17-10)12(15)14-6-8-3-4-9(7-14)16-8/h1-2,5,8-9,11H,3-4,6-7,13H2. The Labute approximate surface area is 104 Å². The van der Waals surface area contributed by atoms with E-state index in [0.29, 0.717) is 13.1 Å². The van der Waals surface area contributed by atoms with Gasteiger partial charge in [0.2, 0.25) is 5.91 Å². The van der Waals surface area contributed by atoms with Crippen LogP contribution in [0.5, 0.6) is 0 Å². The first kappa shape index (κ1) is 11.2. The van der Waals surface area contributed by atoms with Gasteiger partial charge in [0.15, 0.2) is 0 Å². The summed E-state index contributed by atoms with van der Waals surface area (Å²) < 4.78 is 5.72. The van der Waals surface area contributed by atoms with Gasteiger partial charge < -0.3 is 15.4 Å².